The second kappa shape index (κ2) is 6.92. The first-order valence-corrected chi connectivity index (χ1v) is 8.34. The monoisotopic (exact) mass is 362 g/mol. The van der Waals surface area contributed by atoms with Crippen LogP contribution in [0.25, 0.3) is 21.7 Å². The van der Waals surface area contributed by atoms with Crippen LogP contribution < -0.4 is 16.1 Å². The number of hydrogen-bond acceptors (Lipinski definition) is 3. The van der Waals surface area contributed by atoms with Crippen LogP contribution in [0.15, 0.2) is 76.1 Å². The summed E-state index contributed by atoms with van der Waals surface area (Å²) in [7, 11) is 0. The van der Waals surface area contributed by atoms with Crippen molar-refractivity contribution in [2.45, 2.75) is 6.54 Å². The van der Waals surface area contributed by atoms with Crippen LogP contribution in [-0.4, -0.2) is 6.03 Å². The van der Waals surface area contributed by atoms with Crippen molar-refractivity contribution in [1.82, 2.24) is 5.32 Å². The number of rotatable bonds is 3. The quantitative estimate of drug-likeness (QED) is 0.567. The molecule has 0 unspecified atom stereocenters. The lowest BCUT2D eigenvalue weighted by molar-refractivity contribution is 0.252. The lowest BCUT2D eigenvalue weighted by Crippen LogP contribution is -2.28. The van der Waals surface area contributed by atoms with Crippen LogP contribution in [0.4, 0.5) is 14.9 Å². The minimum atomic E-state index is -0.415. The Hall–Kier alpha value is -3.67. The van der Waals surface area contributed by atoms with Crippen molar-refractivity contribution in [3.8, 4) is 0 Å². The third kappa shape index (κ3) is 3.37. The van der Waals surface area contributed by atoms with Gasteiger partial charge in [-0.2, -0.15) is 0 Å². The third-order valence-electron chi connectivity index (χ3n) is 4.30. The molecule has 1 heterocycles. The van der Waals surface area contributed by atoms with Crippen molar-refractivity contribution in [3.05, 3.63) is 88.5 Å². The van der Waals surface area contributed by atoms with Crippen molar-refractivity contribution in [1.29, 1.82) is 0 Å². The van der Waals surface area contributed by atoms with Gasteiger partial charge in [0.1, 0.15) is 11.4 Å². The highest BCUT2D eigenvalue weighted by atomic mass is 19.1. The molecule has 2 amide bonds. The molecule has 0 aliphatic carbocycles. The molecule has 0 spiro atoms. The average molecular weight is 362 g/mol. The summed E-state index contributed by atoms with van der Waals surface area (Å²) in [6.07, 6.45) is 1.34. The minimum Gasteiger partial charge on any atom is -0.464 e. The molecule has 0 saturated carbocycles. The van der Waals surface area contributed by atoms with Gasteiger partial charge in [0.25, 0.3) is 0 Å². The number of halogens is 1. The molecule has 0 fully saturated rings. The van der Waals surface area contributed by atoms with Gasteiger partial charge in [-0.05, 0) is 29.8 Å². The second-order valence-electron chi connectivity index (χ2n) is 6.06. The average Bonchev–Trinajstić information content (AvgIpc) is 2.69. The predicted octanol–water partition coefficient (Wildman–Crippen LogP) is 4.41. The molecule has 0 aliphatic rings. The highest BCUT2D eigenvalue weighted by Gasteiger charge is 2.09. The van der Waals surface area contributed by atoms with Gasteiger partial charge in [-0.25, -0.2) is 9.18 Å². The predicted molar refractivity (Wildman–Crippen MR) is 102 cm³/mol. The Morgan fingerprint density at radius 1 is 0.963 bits per heavy atom. The molecule has 4 rings (SSSR count). The number of amides is 2. The van der Waals surface area contributed by atoms with Gasteiger partial charge in [0.15, 0.2) is 5.43 Å². The van der Waals surface area contributed by atoms with Gasteiger partial charge in [0, 0.05) is 23.4 Å². The number of carbonyl (C=O) groups excluding carboxylic acids is 1. The Labute approximate surface area is 153 Å². The van der Waals surface area contributed by atoms with E-state index in [9.17, 15) is 14.0 Å². The van der Waals surface area contributed by atoms with Crippen LogP contribution >= 0.6 is 0 Å². The van der Waals surface area contributed by atoms with Crippen LogP contribution in [0.5, 0.6) is 0 Å². The third-order valence-corrected chi connectivity index (χ3v) is 4.30. The fraction of sp³-hybridized carbons (Fsp3) is 0.0476. The molecule has 134 valence electrons. The summed E-state index contributed by atoms with van der Waals surface area (Å²) in [5.74, 6) is -0.339. The fourth-order valence-electron chi connectivity index (χ4n) is 2.96. The van der Waals surface area contributed by atoms with Gasteiger partial charge in [0.2, 0.25) is 0 Å². The van der Waals surface area contributed by atoms with Crippen molar-refractivity contribution in [3.63, 3.8) is 0 Å². The van der Waals surface area contributed by atoms with E-state index in [4.69, 9.17) is 4.42 Å². The number of nitrogens with one attached hydrogen (secondary N) is 2. The maximum absolute atomic E-state index is 13.9. The van der Waals surface area contributed by atoms with E-state index in [1.54, 1.807) is 42.5 Å². The molecule has 0 bridgehead atoms. The van der Waals surface area contributed by atoms with Crippen LogP contribution in [-0.2, 0) is 6.54 Å². The SMILES string of the molecule is O=C(NCc1ccc2c(=O)ccoc2c1)Nc1ccc(F)c2ccccc12. The highest BCUT2D eigenvalue weighted by Crippen LogP contribution is 2.25. The summed E-state index contributed by atoms with van der Waals surface area (Å²) in [6.45, 7) is 0.250. The first-order chi connectivity index (χ1) is 13.1. The first-order valence-electron chi connectivity index (χ1n) is 8.34. The maximum atomic E-state index is 13.9. The topological polar surface area (TPSA) is 71.3 Å². The Bertz CT molecular complexity index is 1220. The Morgan fingerprint density at radius 2 is 1.78 bits per heavy atom. The molecule has 0 aliphatic heterocycles. The standard InChI is InChI=1S/C21H15FN2O3/c22-17-7-8-18(15-4-2-1-3-14(15)17)24-21(26)23-12-13-5-6-16-19(25)9-10-27-20(16)11-13/h1-11H,12H2,(H2,23,24,26). The Morgan fingerprint density at radius 3 is 2.63 bits per heavy atom. The van der Waals surface area contributed by atoms with E-state index in [1.807, 2.05) is 0 Å². The van der Waals surface area contributed by atoms with Crippen molar-refractivity contribution >= 4 is 33.5 Å². The number of benzene rings is 3. The molecule has 0 atom stereocenters. The maximum Gasteiger partial charge on any atom is 0.319 e. The van der Waals surface area contributed by atoms with Gasteiger partial charge < -0.3 is 15.1 Å². The number of fused-ring (bicyclic) bond motifs is 2. The van der Waals surface area contributed by atoms with Crippen LogP contribution in [0.1, 0.15) is 5.56 Å². The molecule has 3 aromatic carbocycles. The molecular weight excluding hydrogens is 347 g/mol. The summed E-state index contributed by atoms with van der Waals surface area (Å²) in [4.78, 5) is 24.0. The van der Waals surface area contributed by atoms with Gasteiger partial charge in [0.05, 0.1) is 17.3 Å². The zero-order valence-corrected chi connectivity index (χ0v) is 14.2. The lowest BCUT2D eigenvalue weighted by atomic mass is 10.1. The zero-order chi connectivity index (χ0) is 18.8. The number of urea groups is 1. The van der Waals surface area contributed by atoms with Gasteiger partial charge in [-0.3, -0.25) is 4.79 Å². The lowest BCUT2D eigenvalue weighted by Gasteiger charge is -2.11. The molecule has 5 nitrogen and oxygen atoms in total. The molecule has 2 N–H and O–H groups in total. The van der Waals surface area contributed by atoms with E-state index < -0.39 is 6.03 Å². The van der Waals surface area contributed by atoms with E-state index in [1.165, 1.54) is 24.5 Å². The van der Waals surface area contributed by atoms with E-state index in [0.29, 0.717) is 27.4 Å². The van der Waals surface area contributed by atoms with Gasteiger partial charge >= 0.3 is 6.03 Å². The van der Waals surface area contributed by atoms with Gasteiger partial charge in [-0.15, -0.1) is 0 Å². The van der Waals surface area contributed by atoms with Crippen LogP contribution in [0, 0.1) is 5.82 Å². The second-order valence-corrected chi connectivity index (χ2v) is 6.06. The number of anilines is 1. The normalized spacial score (nSPS) is 10.9. The first kappa shape index (κ1) is 16.8. The number of hydrogen-bond donors (Lipinski definition) is 2. The minimum absolute atomic E-state index is 0.114. The molecule has 0 saturated heterocycles. The largest absolute Gasteiger partial charge is 0.464 e. The zero-order valence-electron chi connectivity index (χ0n) is 14.2. The molecule has 0 radical (unpaired) electrons. The smallest absolute Gasteiger partial charge is 0.319 e. The fourth-order valence-corrected chi connectivity index (χ4v) is 2.96. The summed E-state index contributed by atoms with van der Waals surface area (Å²) >= 11 is 0. The summed E-state index contributed by atoms with van der Waals surface area (Å²) < 4.78 is 19.2. The van der Waals surface area contributed by atoms with Crippen molar-refractivity contribution < 1.29 is 13.6 Å². The molecule has 1 aromatic heterocycles. The summed E-state index contributed by atoms with van der Waals surface area (Å²) in [6, 6.07) is 15.9. The summed E-state index contributed by atoms with van der Waals surface area (Å²) in [5, 5.41) is 7.04. The van der Waals surface area contributed by atoms with Crippen LogP contribution in [0.2, 0.25) is 0 Å². The molecular formula is C21H15FN2O3. The molecule has 4 aromatic rings. The number of carbonyl (C=O) groups is 1. The Kier molecular flexibility index (Phi) is 4.30. The highest BCUT2D eigenvalue weighted by molar-refractivity contribution is 6.01. The van der Waals surface area contributed by atoms with E-state index in [-0.39, 0.29) is 17.8 Å². The summed E-state index contributed by atoms with van der Waals surface area (Å²) in [5.41, 5.74) is 1.66. The van der Waals surface area contributed by atoms with Gasteiger partial charge in [-0.1, -0.05) is 30.3 Å². The van der Waals surface area contributed by atoms with E-state index in [0.717, 1.165) is 5.56 Å². The molecule has 27 heavy (non-hydrogen) atoms. The molecule has 6 heteroatoms. The van der Waals surface area contributed by atoms with Crippen molar-refractivity contribution in [2.75, 3.05) is 5.32 Å². The van der Waals surface area contributed by atoms with E-state index >= 15 is 0 Å². The Balaban J connectivity index is 1.49. The van der Waals surface area contributed by atoms with Crippen LogP contribution in [0.3, 0.4) is 0 Å². The van der Waals surface area contributed by atoms with E-state index in [2.05, 4.69) is 10.6 Å². The van der Waals surface area contributed by atoms with Crippen molar-refractivity contribution in [2.24, 2.45) is 0 Å².